The monoisotopic (exact) mass is 191 g/mol. The zero-order valence-electron chi connectivity index (χ0n) is 8.70. The van der Waals surface area contributed by atoms with E-state index in [1.165, 1.54) is 19.3 Å². The van der Waals surface area contributed by atoms with Gasteiger partial charge in [-0.2, -0.15) is 0 Å². The van der Waals surface area contributed by atoms with Crippen LogP contribution >= 0.6 is 0 Å². The molecule has 0 aromatic carbocycles. The zero-order valence-corrected chi connectivity index (χ0v) is 8.70. The molecular weight excluding hydrogens is 174 g/mol. The van der Waals surface area contributed by atoms with E-state index in [4.69, 9.17) is 6.42 Å². The van der Waals surface area contributed by atoms with Crippen molar-refractivity contribution in [3.63, 3.8) is 0 Å². The Balaban J connectivity index is 1.92. The molecule has 2 nitrogen and oxygen atoms in total. The molecule has 0 heterocycles. The fourth-order valence-electron chi connectivity index (χ4n) is 2.85. The third kappa shape index (κ3) is 1.41. The molecule has 14 heavy (non-hydrogen) atoms. The first-order chi connectivity index (χ1) is 6.79. The lowest BCUT2D eigenvalue weighted by molar-refractivity contribution is -0.132. The van der Waals surface area contributed by atoms with Crippen LogP contribution in [0.25, 0.3) is 0 Å². The quantitative estimate of drug-likeness (QED) is 0.619. The van der Waals surface area contributed by atoms with Crippen LogP contribution in [0.3, 0.4) is 0 Å². The summed E-state index contributed by atoms with van der Waals surface area (Å²) in [5.41, 5.74) is 0. The zero-order chi connectivity index (χ0) is 10.1. The van der Waals surface area contributed by atoms with Gasteiger partial charge in [-0.3, -0.25) is 4.79 Å². The summed E-state index contributed by atoms with van der Waals surface area (Å²) in [6.07, 6.45) is 9.07. The van der Waals surface area contributed by atoms with Crippen LogP contribution in [0.4, 0.5) is 0 Å². The first-order valence-corrected chi connectivity index (χ1v) is 5.51. The molecule has 0 spiro atoms. The third-order valence-corrected chi connectivity index (χ3v) is 3.67. The van der Waals surface area contributed by atoms with Gasteiger partial charge in [-0.15, -0.1) is 6.42 Å². The molecule has 0 saturated heterocycles. The van der Waals surface area contributed by atoms with Gasteiger partial charge in [0.15, 0.2) is 0 Å². The van der Waals surface area contributed by atoms with E-state index in [0.717, 1.165) is 6.54 Å². The number of rotatable bonds is 3. The molecule has 0 radical (unpaired) electrons. The Morgan fingerprint density at radius 2 is 2.14 bits per heavy atom. The van der Waals surface area contributed by atoms with Crippen LogP contribution in [0, 0.1) is 30.1 Å². The highest BCUT2D eigenvalue weighted by Crippen LogP contribution is 2.58. The van der Waals surface area contributed by atoms with E-state index >= 15 is 0 Å². The van der Waals surface area contributed by atoms with Crippen molar-refractivity contribution in [1.29, 1.82) is 0 Å². The number of hydrogen-bond acceptors (Lipinski definition) is 1. The van der Waals surface area contributed by atoms with Crippen molar-refractivity contribution >= 4 is 5.91 Å². The van der Waals surface area contributed by atoms with E-state index < -0.39 is 0 Å². The molecule has 2 unspecified atom stereocenters. The van der Waals surface area contributed by atoms with E-state index in [0.29, 0.717) is 30.2 Å². The van der Waals surface area contributed by atoms with Crippen molar-refractivity contribution in [3.8, 4) is 12.3 Å². The van der Waals surface area contributed by atoms with Crippen LogP contribution in [0.1, 0.15) is 26.2 Å². The normalized spacial score (nSPS) is 33.3. The van der Waals surface area contributed by atoms with Gasteiger partial charge in [-0.25, -0.2) is 0 Å². The van der Waals surface area contributed by atoms with E-state index in [1.807, 2.05) is 11.8 Å². The predicted molar refractivity (Wildman–Crippen MR) is 55.4 cm³/mol. The van der Waals surface area contributed by atoms with Crippen molar-refractivity contribution in [2.24, 2.45) is 17.8 Å². The van der Waals surface area contributed by atoms with E-state index in [9.17, 15) is 4.79 Å². The Kier molecular flexibility index (Phi) is 2.50. The SMILES string of the molecule is C#CCN(CC)C(=O)C1C2CCCC21. The highest BCUT2D eigenvalue weighted by Gasteiger charge is 2.57. The molecule has 0 aromatic heterocycles. The second-order valence-electron chi connectivity index (χ2n) is 4.34. The van der Waals surface area contributed by atoms with Crippen molar-refractivity contribution in [3.05, 3.63) is 0 Å². The molecule has 0 aromatic rings. The van der Waals surface area contributed by atoms with Crippen molar-refractivity contribution in [1.82, 2.24) is 4.90 Å². The molecule has 0 N–H and O–H groups in total. The molecule has 0 bridgehead atoms. The highest BCUT2D eigenvalue weighted by molar-refractivity contribution is 5.82. The summed E-state index contributed by atoms with van der Waals surface area (Å²) in [5.74, 6) is 4.60. The van der Waals surface area contributed by atoms with Gasteiger partial charge >= 0.3 is 0 Å². The molecule has 2 aliphatic rings. The van der Waals surface area contributed by atoms with Gasteiger partial charge < -0.3 is 4.90 Å². The van der Waals surface area contributed by atoms with Gasteiger partial charge in [0.25, 0.3) is 0 Å². The van der Waals surface area contributed by atoms with E-state index in [2.05, 4.69) is 5.92 Å². The third-order valence-electron chi connectivity index (χ3n) is 3.67. The van der Waals surface area contributed by atoms with Crippen molar-refractivity contribution in [2.45, 2.75) is 26.2 Å². The van der Waals surface area contributed by atoms with Gasteiger partial charge in [-0.1, -0.05) is 12.3 Å². The lowest BCUT2D eigenvalue weighted by Gasteiger charge is -2.18. The van der Waals surface area contributed by atoms with Gasteiger partial charge in [0.2, 0.25) is 5.91 Å². The van der Waals surface area contributed by atoms with Crippen LogP contribution in [-0.2, 0) is 4.79 Å². The maximum absolute atomic E-state index is 12.0. The largest absolute Gasteiger partial charge is 0.332 e. The first-order valence-electron chi connectivity index (χ1n) is 5.51. The molecule has 2 atom stereocenters. The smallest absolute Gasteiger partial charge is 0.227 e. The second kappa shape index (κ2) is 3.65. The van der Waals surface area contributed by atoms with E-state index in [-0.39, 0.29) is 0 Å². The number of amides is 1. The standard InChI is InChI=1S/C12H17NO/c1-3-8-13(4-2)12(14)11-9-6-5-7-10(9)11/h1,9-11H,4-8H2,2H3. The topological polar surface area (TPSA) is 20.3 Å². The van der Waals surface area contributed by atoms with Crippen molar-refractivity contribution < 1.29 is 4.79 Å². The van der Waals surface area contributed by atoms with Gasteiger partial charge in [0.1, 0.15) is 0 Å². The Hall–Kier alpha value is -0.970. The minimum Gasteiger partial charge on any atom is -0.332 e. The average Bonchev–Trinajstić information content (AvgIpc) is 2.67. The fourth-order valence-corrected chi connectivity index (χ4v) is 2.85. The average molecular weight is 191 g/mol. The highest BCUT2D eigenvalue weighted by atomic mass is 16.2. The summed E-state index contributed by atoms with van der Waals surface area (Å²) >= 11 is 0. The summed E-state index contributed by atoms with van der Waals surface area (Å²) in [5, 5.41) is 0. The second-order valence-corrected chi connectivity index (χ2v) is 4.34. The van der Waals surface area contributed by atoms with Gasteiger partial charge in [-0.05, 0) is 31.6 Å². The van der Waals surface area contributed by atoms with Crippen molar-refractivity contribution in [2.75, 3.05) is 13.1 Å². The molecule has 2 aliphatic carbocycles. The van der Waals surface area contributed by atoms with Crippen LogP contribution in [0.5, 0.6) is 0 Å². The molecule has 1 amide bonds. The molecule has 76 valence electrons. The summed E-state index contributed by atoms with van der Waals surface area (Å²) in [6.45, 7) is 3.22. The maximum Gasteiger partial charge on any atom is 0.227 e. The fraction of sp³-hybridized carbons (Fsp3) is 0.750. The Morgan fingerprint density at radius 3 is 2.64 bits per heavy atom. The van der Waals surface area contributed by atoms with E-state index in [1.54, 1.807) is 0 Å². The summed E-state index contributed by atoms with van der Waals surface area (Å²) in [6, 6.07) is 0. The Labute approximate surface area is 85.7 Å². The van der Waals surface area contributed by atoms with Gasteiger partial charge in [0.05, 0.1) is 6.54 Å². The number of nitrogens with zero attached hydrogens (tertiary/aromatic N) is 1. The molecular formula is C12H17NO. The predicted octanol–water partition coefficient (Wildman–Crippen LogP) is 1.51. The minimum absolute atomic E-state index is 0.306. The van der Waals surface area contributed by atoms with Crippen LogP contribution in [0.15, 0.2) is 0 Å². The number of carbonyl (C=O) groups is 1. The summed E-state index contributed by atoms with van der Waals surface area (Å²) in [4.78, 5) is 13.8. The lowest BCUT2D eigenvalue weighted by Crippen LogP contribution is -2.33. The number of hydrogen-bond donors (Lipinski definition) is 0. The molecule has 0 aliphatic heterocycles. The molecule has 2 heteroatoms. The molecule has 2 saturated carbocycles. The number of fused-ring (bicyclic) bond motifs is 1. The summed E-state index contributed by atoms with van der Waals surface area (Å²) < 4.78 is 0. The van der Waals surface area contributed by atoms with Crippen LogP contribution < -0.4 is 0 Å². The summed E-state index contributed by atoms with van der Waals surface area (Å²) in [7, 11) is 0. The molecule has 2 rings (SSSR count). The Morgan fingerprint density at radius 1 is 1.50 bits per heavy atom. The maximum atomic E-state index is 12.0. The first kappa shape index (κ1) is 9.58. The lowest BCUT2D eigenvalue weighted by atomic mass is 10.1. The number of carbonyl (C=O) groups excluding carboxylic acids is 1. The van der Waals surface area contributed by atoms with Gasteiger partial charge in [0, 0.05) is 12.5 Å². The molecule has 2 fully saturated rings. The van der Waals surface area contributed by atoms with Crippen LogP contribution in [0.2, 0.25) is 0 Å². The minimum atomic E-state index is 0.306. The Bertz CT molecular complexity index is 269. The number of terminal acetylenes is 1. The van der Waals surface area contributed by atoms with Crippen LogP contribution in [-0.4, -0.2) is 23.9 Å².